The lowest BCUT2D eigenvalue weighted by Crippen LogP contribution is -2.39. The first-order valence-electron chi connectivity index (χ1n) is 9.31. The molecule has 0 saturated carbocycles. The van der Waals surface area contributed by atoms with Crippen molar-refractivity contribution >= 4 is 34.0 Å². The van der Waals surface area contributed by atoms with Crippen molar-refractivity contribution in [3.63, 3.8) is 0 Å². The smallest absolute Gasteiger partial charge is 0.258 e. The van der Waals surface area contributed by atoms with Gasteiger partial charge in [0.2, 0.25) is 10.0 Å². The first-order chi connectivity index (χ1) is 14.3. The van der Waals surface area contributed by atoms with Gasteiger partial charge in [-0.3, -0.25) is 10.0 Å². The largest absolute Gasteiger partial charge is 0.493 e. The van der Waals surface area contributed by atoms with E-state index >= 15 is 0 Å². The third kappa shape index (κ3) is 7.55. The van der Waals surface area contributed by atoms with E-state index in [-0.39, 0.29) is 23.8 Å². The molecule has 8 nitrogen and oxygen atoms in total. The van der Waals surface area contributed by atoms with Gasteiger partial charge in [-0.05, 0) is 48.4 Å². The number of ether oxygens (including phenoxy) is 1. The lowest BCUT2D eigenvalue weighted by Gasteiger charge is -2.22. The lowest BCUT2D eigenvalue weighted by atomic mass is 10.2. The molecule has 0 aliphatic rings. The van der Waals surface area contributed by atoms with Gasteiger partial charge in [0.15, 0.2) is 0 Å². The molecule has 2 aromatic rings. The number of sulfonamides is 1. The number of hydrogen-bond acceptors (Lipinski definition) is 6. The molecule has 0 radical (unpaired) electrons. The van der Waals surface area contributed by atoms with E-state index in [1.807, 2.05) is 31.1 Å². The highest BCUT2D eigenvalue weighted by Crippen LogP contribution is 2.22. The maximum absolute atomic E-state index is 13.1. The van der Waals surface area contributed by atoms with E-state index in [1.165, 1.54) is 17.6 Å². The first-order valence-corrected chi connectivity index (χ1v) is 10.7. The van der Waals surface area contributed by atoms with E-state index in [0.717, 1.165) is 9.99 Å². The Bertz CT molecular complexity index is 948. The molecule has 0 aliphatic carbocycles. The fourth-order valence-corrected chi connectivity index (χ4v) is 4.03. The van der Waals surface area contributed by atoms with Crippen molar-refractivity contribution in [2.45, 2.75) is 17.9 Å². The number of nitrogens with zero attached hydrogens (tertiary/aromatic N) is 2. The van der Waals surface area contributed by atoms with E-state index < -0.39 is 22.5 Å². The van der Waals surface area contributed by atoms with Crippen LogP contribution in [-0.2, 0) is 21.4 Å². The highest BCUT2D eigenvalue weighted by Gasteiger charge is 2.27. The molecule has 2 N–H and O–H groups in total. The highest BCUT2D eigenvalue weighted by molar-refractivity contribution is 7.89. The van der Waals surface area contributed by atoms with Gasteiger partial charge >= 0.3 is 0 Å². The maximum atomic E-state index is 13.1. The van der Waals surface area contributed by atoms with Crippen LogP contribution in [0.4, 0.5) is 5.69 Å². The van der Waals surface area contributed by atoms with Crippen LogP contribution in [0.5, 0.6) is 5.75 Å². The van der Waals surface area contributed by atoms with Crippen LogP contribution in [-0.4, -0.2) is 51.1 Å². The molecule has 10 heteroatoms. The molecule has 0 unspecified atom stereocenters. The lowest BCUT2D eigenvalue weighted by molar-refractivity contribution is -0.129. The zero-order valence-corrected chi connectivity index (χ0v) is 19.2. The monoisotopic (exact) mass is 469 g/mol. The number of carbonyl (C=O) groups is 1. The predicted molar refractivity (Wildman–Crippen MR) is 122 cm³/mol. The van der Waals surface area contributed by atoms with Crippen molar-refractivity contribution in [2.24, 2.45) is 0 Å². The van der Waals surface area contributed by atoms with Crippen LogP contribution >= 0.6 is 12.4 Å². The average molecular weight is 470 g/mol. The second-order valence-electron chi connectivity index (χ2n) is 6.77. The third-order valence-corrected chi connectivity index (χ3v) is 6.11. The van der Waals surface area contributed by atoms with Crippen LogP contribution in [0.25, 0.3) is 0 Å². The summed E-state index contributed by atoms with van der Waals surface area (Å²) >= 11 is 0. The van der Waals surface area contributed by atoms with Gasteiger partial charge in [0.25, 0.3) is 5.91 Å². The van der Waals surface area contributed by atoms with E-state index in [4.69, 9.17) is 9.94 Å². The number of carbonyl (C=O) groups excluding carboxylic acids is 1. The normalized spacial score (nSPS) is 10.8. The van der Waals surface area contributed by atoms with Gasteiger partial charge < -0.3 is 9.64 Å². The first kappa shape index (κ1) is 26.4. The van der Waals surface area contributed by atoms with Crippen molar-refractivity contribution in [3.05, 3.63) is 66.7 Å². The average Bonchev–Trinajstić information content (AvgIpc) is 2.74. The van der Waals surface area contributed by atoms with Crippen LogP contribution in [0.1, 0.15) is 12.0 Å². The SMILES string of the molecule is C=CCCOc1ccc(S(=O)(=O)N(CC(=O)NO)Cc2ccc(N(C)C)cc2)cc1.Cl. The summed E-state index contributed by atoms with van der Waals surface area (Å²) in [4.78, 5) is 13.7. The minimum atomic E-state index is -3.99. The van der Waals surface area contributed by atoms with Gasteiger partial charge in [-0.25, -0.2) is 13.9 Å². The van der Waals surface area contributed by atoms with Crippen molar-refractivity contribution < 1.29 is 23.2 Å². The molecule has 0 fully saturated rings. The molecule has 0 saturated heterocycles. The maximum Gasteiger partial charge on any atom is 0.258 e. The summed E-state index contributed by atoms with van der Waals surface area (Å²) in [7, 11) is -0.184. The van der Waals surface area contributed by atoms with Gasteiger partial charge in [0.05, 0.1) is 18.0 Å². The van der Waals surface area contributed by atoms with E-state index in [1.54, 1.807) is 30.3 Å². The molecule has 0 atom stereocenters. The topological polar surface area (TPSA) is 99.2 Å². The number of hydroxylamine groups is 1. The zero-order chi connectivity index (χ0) is 22.1. The molecule has 2 aromatic carbocycles. The van der Waals surface area contributed by atoms with Gasteiger partial charge in [-0.1, -0.05) is 18.2 Å². The zero-order valence-electron chi connectivity index (χ0n) is 17.5. The number of benzene rings is 2. The molecular weight excluding hydrogens is 442 g/mol. The fourth-order valence-electron chi connectivity index (χ4n) is 2.64. The number of amides is 1. The number of rotatable bonds is 11. The number of nitrogens with one attached hydrogen (secondary N) is 1. The van der Waals surface area contributed by atoms with E-state index in [2.05, 4.69) is 6.58 Å². The van der Waals surface area contributed by atoms with Crippen molar-refractivity contribution in [2.75, 3.05) is 32.1 Å². The standard InChI is InChI=1S/C21H27N3O5S.ClH/c1-4-5-14-29-19-10-12-20(13-11-19)30(27,28)24(16-21(25)22-26)15-17-6-8-18(9-7-17)23(2)3;/h4,6-13,26H,1,5,14-16H2,2-3H3,(H,22,25);1H. The van der Waals surface area contributed by atoms with Crippen LogP contribution in [0.2, 0.25) is 0 Å². The fraction of sp³-hybridized carbons (Fsp3) is 0.286. The van der Waals surface area contributed by atoms with Crippen molar-refractivity contribution in [1.82, 2.24) is 9.79 Å². The van der Waals surface area contributed by atoms with E-state index in [0.29, 0.717) is 24.3 Å². The highest BCUT2D eigenvalue weighted by atomic mass is 35.5. The summed E-state index contributed by atoms with van der Waals surface area (Å²) in [6.45, 7) is 3.52. The summed E-state index contributed by atoms with van der Waals surface area (Å²) in [6.07, 6.45) is 2.41. The van der Waals surface area contributed by atoms with Crippen LogP contribution in [0.3, 0.4) is 0 Å². The molecular formula is C21H28ClN3O5S. The van der Waals surface area contributed by atoms with E-state index in [9.17, 15) is 13.2 Å². The Morgan fingerprint density at radius 3 is 2.26 bits per heavy atom. The Balaban J connectivity index is 0.00000480. The van der Waals surface area contributed by atoms with Gasteiger partial charge in [0.1, 0.15) is 5.75 Å². The number of hydrogen-bond donors (Lipinski definition) is 2. The van der Waals surface area contributed by atoms with Crippen molar-refractivity contribution in [3.8, 4) is 5.75 Å². The quantitative estimate of drug-likeness (QED) is 0.227. The number of anilines is 1. The molecule has 31 heavy (non-hydrogen) atoms. The molecule has 0 spiro atoms. The van der Waals surface area contributed by atoms with Crippen molar-refractivity contribution in [1.29, 1.82) is 0 Å². The Hall–Kier alpha value is -2.59. The molecule has 1 amide bonds. The second kappa shape index (κ2) is 12.3. The summed E-state index contributed by atoms with van der Waals surface area (Å²) < 4.78 is 32.8. The van der Waals surface area contributed by atoms with Crippen LogP contribution in [0, 0.1) is 0 Å². The summed E-state index contributed by atoms with van der Waals surface area (Å²) in [6, 6.07) is 13.3. The minimum Gasteiger partial charge on any atom is -0.493 e. The summed E-state index contributed by atoms with van der Waals surface area (Å²) in [5.41, 5.74) is 3.16. The molecule has 0 bridgehead atoms. The Kier molecular flexibility index (Phi) is 10.5. The Labute approximate surface area is 189 Å². The summed E-state index contributed by atoms with van der Waals surface area (Å²) in [5.74, 6) is -0.289. The van der Waals surface area contributed by atoms with Gasteiger partial charge in [-0.15, -0.1) is 19.0 Å². The molecule has 0 heterocycles. The Morgan fingerprint density at radius 2 is 1.74 bits per heavy atom. The molecule has 0 aliphatic heterocycles. The van der Waals surface area contributed by atoms with Crippen LogP contribution < -0.4 is 15.1 Å². The van der Waals surface area contributed by atoms with Gasteiger partial charge in [-0.2, -0.15) is 4.31 Å². The molecule has 170 valence electrons. The minimum absolute atomic E-state index is 0. The Morgan fingerprint density at radius 1 is 1.13 bits per heavy atom. The molecule has 2 rings (SSSR count). The summed E-state index contributed by atoms with van der Waals surface area (Å²) in [5, 5.41) is 8.87. The van der Waals surface area contributed by atoms with Gasteiger partial charge in [0, 0.05) is 26.3 Å². The second-order valence-corrected chi connectivity index (χ2v) is 8.70. The number of halogens is 1. The third-order valence-electron chi connectivity index (χ3n) is 4.31. The predicted octanol–water partition coefficient (Wildman–Crippen LogP) is 2.83. The van der Waals surface area contributed by atoms with Crippen LogP contribution in [0.15, 0.2) is 66.1 Å². The molecule has 0 aromatic heterocycles.